The third kappa shape index (κ3) is 2.72. The van der Waals surface area contributed by atoms with Crippen LogP contribution in [0.4, 0.5) is 0 Å². The predicted molar refractivity (Wildman–Crippen MR) is 62.6 cm³/mol. The summed E-state index contributed by atoms with van der Waals surface area (Å²) in [5.74, 6) is 0.702. The van der Waals surface area contributed by atoms with Crippen LogP contribution in [0.5, 0.6) is 0 Å². The second-order valence-electron chi connectivity index (χ2n) is 4.67. The van der Waals surface area contributed by atoms with Gasteiger partial charge in [0.1, 0.15) is 0 Å². The maximum Gasteiger partial charge on any atom is 0.233 e. The number of hydrogen-bond donors (Lipinski definition) is 1. The first-order valence-electron chi connectivity index (χ1n) is 5.42. The number of halogens is 1. The van der Waals surface area contributed by atoms with E-state index in [4.69, 9.17) is 0 Å². The van der Waals surface area contributed by atoms with Gasteiger partial charge in [0, 0.05) is 5.54 Å². The van der Waals surface area contributed by atoms with Crippen molar-refractivity contribution in [2.75, 3.05) is 0 Å². The molecule has 1 rings (SSSR count). The molecule has 0 heterocycles. The van der Waals surface area contributed by atoms with Gasteiger partial charge in [0.15, 0.2) is 0 Å². The molecule has 1 saturated carbocycles. The molecule has 0 aromatic carbocycles. The van der Waals surface area contributed by atoms with Gasteiger partial charge < -0.3 is 5.32 Å². The Morgan fingerprint density at radius 1 is 1.57 bits per heavy atom. The second kappa shape index (κ2) is 4.65. The van der Waals surface area contributed by atoms with Gasteiger partial charge in [-0.15, -0.1) is 0 Å². The summed E-state index contributed by atoms with van der Waals surface area (Å²) in [6.45, 7) is 6.27. The lowest BCUT2D eigenvalue weighted by atomic mass is 9.75. The van der Waals surface area contributed by atoms with E-state index in [1.54, 1.807) is 0 Å². The molecule has 3 heteroatoms. The summed E-state index contributed by atoms with van der Waals surface area (Å²) in [6, 6.07) is 0. The molecule has 14 heavy (non-hydrogen) atoms. The molecule has 0 radical (unpaired) electrons. The van der Waals surface area contributed by atoms with Gasteiger partial charge in [-0.25, -0.2) is 0 Å². The van der Waals surface area contributed by atoms with Gasteiger partial charge in [0.05, 0.1) is 4.83 Å². The topological polar surface area (TPSA) is 29.1 Å². The van der Waals surface area contributed by atoms with E-state index in [1.807, 2.05) is 6.92 Å². The Balaban J connectivity index is 2.59. The highest BCUT2D eigenvalue weighted by molar-refractivity contribution is 9.10. The Morgan fingerprint density at radius 2 is 2.21 bits per heavy atom. The number of nitrogens with one attached hydrogen (secondary N) is 1. The molecule has 0 saturated heterocycles. The van der Waals surface area contributed by atoms with Crippen LogP contribution in [-0.4, -0.2) is 16.3 Å². The summed E-state index contributed by atoms with van der Waals surface area (Å²) in [5.41, 5.74) is 0.0113. The Bertz CT molecular complexity index is 217. The van der Waals surface area contributed by atoms with Crippen molar-refractivity contribution in [1.29, 1.82) is 0 Å². The number of alkyl halides is 1. The van der Waals surface area contributed by atoms with Crippen molar-refractivity contribution in [1.82, 2.24) is 5.32 Å². The molecule has 0 aliphatic heterocycles. The Labute approximate surface area is 95.0 Å². The number of hydrogen-bond acceptors (Lipinski definition) is 1. The normalized spacial score (nSPS) is 35.0. The van der Waals surface area contributed by atoms with Gasteiger partial charge in [-0.3, -0.25) is 4.79 Å². The number of rotatable bonds is 2. The first kappa shape index (κ1) is 12.0. The van der Waals surface area contributed by atoms with Crippen molar-refractivity contribution in [3.8, 4) is 0 Å². The van der Waals surface area contributed by atoms with E-state index < -0.39 is 0 Å². The highest BCUT2D eigenvalue weighted by atomic mass is 79.9. The van der Waals surface area contributed by atoms with Crippen molar-refractivity contribution >= 4 is 21.8 Å². The summed E-state index contributed by atoms with van der Waals surface area (Å²) in [6.07, 6.45) is 4.88. The minimum absolute atomic E-state index is 0.0113. The molecule has 82 valence electrons. The fraction of sp³-hybridized carbons (Fsp3) is 0.909. The van der Waals surface area contributed by atoms with E-state index >= 15 is 0 Å². The van der Waals surface area contributed by atoms with Gasteiger partial charge >= 0.3 is 0 Å². The van der Waals surface area contributed by atoms with E-state index in [1.165, 1.54) is 19.3 Å². The SMILES string of the molecule is CC(Br)C(=O)NC1(C)CCCCC1C. The van der Waals surface area contributed by atoms with Crippen molar-refractivity contribution in [3.05, 3.63) is 0 Å². The van der Waals surface area contributed by atoms with Gasteiger partial charge in [-0.2, -0.15) is 0 Å². The molecule has 1 amide bonds. The van der Waals surface area contributed by atoms with Crippen molar-refractivity contribution in [2.45, 2.75) is 56.8 Å². The van der Waals surface area contributed by atoms with E-state index in [9.17, 15) is 4.79 Å². The average molecular weight is 262 g/mol. The lowest BCUT2D eigenvalue weighted by Gasteiger charge is -2.40. The van der Waals surface area contributed by atoms with Crippen molar-refractivity contribution < 1.29 is 4.79 Å². The van der Waals surface area contributed by atoms with Crippen molar-refractivity contribution in [3.63, 3.8) is 0 Å². The standard InChI is InChI=1S/C11H20BrNO/c1-8-6-4-5-7-11(8,3)13-10(14)9(2)12/h8-9H,4-7H2,1-3H3,(H,13,14). The molecule has 1 aliphatic rings. The maximum atomic E-state index is 11.6. The first-order chi connectivity index (χ1) is 6.46. The largest absolute Gasteiger partial charge is 0.350 e. The maximum absolute atomic E-state index is 11.6. The Morgan fingerprint density at radius 3 is 2.71 bits per heavy atom. The molecule has 2 nitrogen and oxygen atoms in total. The average Bonchev–Trinajstić information content (AvgIpc) is 2.10. The lowest BCUT2D eigenvalue weighted by molar-refractivity contribution is -0.123. The fourth-order valence-corrected chi connectivity index (χ4v) is 2.19. The zero-order chi connectivity index (χ0) is 10.8. The molecule has 0 aromatic rings. The van der Waals surface area contributed by atoms with Gasteiger partial charge in [-0.1, -0.05) is 35.7 Å². The van der Waals surface area contributed by atoms with E-state index in [2.05, 4.69) is 35.1 Å². The summed E-state index contributed by atoms with van der Waals surface area (Å²) >= 11 is 3.30. The molecule has 1 aliphatic carbocycles. The third-order valence-corrected chi connectivity index (χ3v) is 3.86. The molecule has 3 atom stereocenters. The smallest absolute Gasteiger partial charge is 0.233 e. The summed E-state index contributed by atoms with van der Waals surface area (Å²) in [7, 11) is 0. The molecule has 3 unspecified atom stereocenters. The van der Waals surface area contributed by atoms with Crippen LogP contribution in [0.1, 0.15) is 46.5 Å². The third-order valence-electron chi connectivity index (χ3n) is 3.44. The zero-order valence-electron chi connectivity index (χ0n) is 9.27. The molecular formula is C11H20BrNO. The molecular weight excluding hydrogens is 242 g/mol. The van der Waals surface area contributed by atoms with Crippen LogP contribution in [0.2, 0.25) is 0 Å². The lowest BCUT2D eigenvalue weighted by Crippen LogP contribution is -2.53. The number of amides is 1. The van der Waals surface area contributed by atoms with Crippen molar-refractivity contribution in [2.24, 2.45) is 5.92 Å². The summed E-state index contributed by atoms with van der Waals surface area (Å²) in [4.78, 5) is 11.5. The summed E-state index contributed by atoms with van der Waals surface area (Å²) in [5, 5.41) is 3.16. The molecule has 0 aromatic heterocycles. The highest BCUT2D eigenvalue weighted by Crippen LogP contribution is 2.33. The molecule has 1 N–H and O–H groups in total. The van der Waals surface area contributed by atoms with E-state index in [0.29, 0.717) is 5.92 Å². The van der Waals surface area contributed by atoms with Crippen LogP contribution in [-0.2, 0) is 4.79 Å². The van der Waals surface area contributed by atoms with Crippen LogP contribution in [0.15, 0.2) is 0 Å². The van der Waals surface area contributed by atoms with Crippen LogP contribution in [0.25, 0.3) is 0 Å². The number of carbonyl (C=O) groups excluding carboxylic acids is 1. The number of carbonyl (C=O) groups is 1. The predicted octanol–water partition coefficient (Wildman–Crippen LogP) is 2.85. The zero-order valence-corrected chi connectivity index (χ0v) is 10.9. The molecule has 1 fully saturated rings. The Hall–Kier alpha value is -0.0500. The summed E-state index contributed by atoms with van der Waals surface area (Å²) < 4.78 is 0. The minimum Gasteiger partial charge on any atom is -0.350 e. The fourth-order valence-electron chi connectivity index (χ4n) is 2.07. The van der Waals surface area contributed by atoms with E-state index in [0.717, 1.165) is 6.42 Å². The van der Waals surface area contributed by atoms with Gasteiger partial charge in [0.25, 0.3) is 0 Å². The van der Waals surface area contributed by atoms with Gasteiger partial charge in [-0.05, 0) is 32.6 Å². The van der Waals surface area contributed by atoms with E-state index in [-0.39, 0.29) is 16.3 Å². The molecule has 0 spiro atoms. The van der Waals surface area contributed by atoms with Crippen LogP contribution < -0.4 is 5.32 Å². The van der Waals surface area contributed by atoms with Crippen LogP contribution >= 0.6 is 15.9 Å². The second-order valence-corrected chi connectivity index (χ2v) is 6.04. The first-order valence-corrected chi connectivity index (χ1v) is 6.33. The monoisotopic (exact) mass is 261 g/mol. The van der Waals surface area contributed by atoms with Gasteiger partial charge in [0.2, 0.25) is 5.91 Å². The van der Waals surface area contributed by atoms with Crippen LogP contribution in [0.3, 0.4) is 0 Å². The quantitative estimate of drug-likeness (QED) is 0.762. The Kier molecular flexibility index (Phi) is 3.99. The minimum atomic E-state index is -0.0894. The highest BCUT2D eigenvalue weighted by Gasteiger charge is 2.35. The van der Waals surface area contributed by atoms with Crippen LogP contribution in [0, 0.1) is 5.92 Å². The molecule has 0 bridgehead atoms.